The van der Waals surface area contributed by atoms with E-state index in [1.807, 2.05) is 0 Å². The fourth-order valence-corrected chi connectivity index (χ4v) is 0.641. The summed E-state index contributed by atoms with van der Waals surface area (Å²) in [5.74, 6) is 0. The van der Waals surface area contributed by atoms with Gasteiger partial charge in [-0.3, -0.25) is 17.5 Å². The molecule has 80 valence electrons. The molecule has 0 rings (SSSR count). The Morgan fingerprint density at radius 2 is 1.00 bits per heavy atom. The maximum atomic E-state index is 9.95. The van der Waals surface area contributed by atoms with Gasteiger partial charge in [-0.05, 0) is 0 Å². The third-order valence-electron chi connectivity index (χ3n) is 0.347. The van der Waals surface area contributed by atoms with Gasteiger partial charge in [0.15, 0.2) is 0 Å². The monoisotopic (exact) mass is 318 g/mol. The molecule has 16 heavy (non-hydrogen) atoms. The minimum Gasteiger partial charge on any atom is -1.00 e. The van der Waals surface area contributed by atoms with Crippen LogP contribution in [0.4, 0.5) is 4.79 Å². The quantitative estimate of drug-likeness (QED) is 0.374. The summed E-state index contributed by atoms with van der Waals surface area (Å²) >= 11 is 0. The number of carbonyl (C=O) groups is 1. The van der Waals surface area contributed by atoms with E-state index in [2.05, 4.69) is 8.37 Å². The number of carbonyl (C=O) groups excluding carboxylic acids is 1. The number of hydrogen-bond donors (Lipinski definition) is 2. The van der Waals surface area contributed by atoms with Gasteiger partial charge in [0.25, 0.3) is 0 Å². The normalized spacial score (nSPS) is 9.12. The van der Waals surface area contributed by atoms with Crippen LogP contribution in [0.3, 0.4) is 0 Å². The van der Waals surface area contributed by atoms with E-state index in [-0.39, 0.29) is 124 Å². The Balaban J connectivity index is -0.0000000216. The molecule has 0 aliphatic rings. The van der Waals surface area contributed by atoms with Crippen molar-refractivity contribution in [3.63, 3.8) is 0 Å². The van der Waals surface area contributed by atoms with Crippen molar-refractivity contribution in [1.29, 1.82) is 0 Å². The molecule has 0 aliphatic heterocycles. The van der Waals surface area contributed by atoms with Gasteiger partial charge in [-0.1, -0.05) is 0 Å². The van der Waals surface area contributed by atoms with Crippen molar-refractivity contribution in [2.24, 2.45) is 0 Å². The summed E-state index contributed by atoms with van der Waals surface area (Å²) in [4.78, 5) is 9.95. The van der Waals surface area contributed by atoms with Gasteiger partial charge in [0, 0.05) is 0 Å². The van der Waals surface area contributed by atoms with Crippen molar-refractivity contribution in [2.75, 3.05) is 0 Å². The SMILES string of the molecule is O=C(OS(=O)(=O)O)OS(=O)(=O)O.[H-].[H-].[H-].[H-].[Na+].[Na+].[Na+].[Na+]. The van der Waals surface area contributed by atoms with Crippen LogP contribution in [0, 0.1) is 0 Å². The first kappa shape index (κ1) is 31.5. The summed E-state index contributed by atoms with van der Waals surface area (Å²) in [5.41, 5.74) is 0. The Hall–Kier alpha value is 3.09. The standard InChI is InChI=1S/CH2O9S2.4Na.4H/c2-1(9-11(3,4)5)10-12(6,7)8;;;;;;;;/h(H,3,4,5)(H,6,7,8);;;;;;;;/q;4*+1;4*-1. The molecule has 0 saturated carbocycles. The average molecular weight is 318 g/mol. The molecule has 0 amide bonds. The molecule has 0 aromatic rings. The maximum absolute atomic E-state index is 9.95. The Labute approximate surface area is 186 Å². The molecule has 0 heterocycles. The summed E-state index contributed by atoms with van der Waals surface area (Å²) in [6.07, 6.45) is -2.29. The first-order valence-electron chi connectivity index (χ1n) is 1.98. The van der Waals surface area contributed by atoms with Gasteiger partial charge >= 0.3 is 145 Å². The van der Waals surface area contributed by atoms with Crippen LogP contribution in [0.1, 0.15) is 5.71 Å². The molecule has 0 radical (unpaired) electrons. The largest absolute Gasteiger partial charge is 1.00 e. The van der Waals surface area contributed by atoms with Crippen molar-refractivity contribution in [2.45, 2.75) is 0 Å². The Morgan fingerprint density at radius 1 is 0.812 bits per heavy atom. The van der Waals surface area contributed by atoms with Crippen molar-refractivity contribution in [3.8, 4) is 0 Å². The average Bonchev–Trinajstić information content (AvgIpc) is 1.49. The fraction of sp³-hybridized carbons (Fsp3) is 0. The minimum absolute atomic E-state index is 0. The van der Waals surface area contributed by atoms with Crippen LogP contribution < -0.4 is 118 Å². The second kappa shape index (κ2) is 13.1. The first-order valence-corrected chi connectivity index (χ1v) is 4.71. The summed E-state index contributed by atoms with van der Waals surface area (Å²) in [5, 5.41) is 0. The van der Waals surface area contributed by atoms with Crippen LogP contribution in [0.2, 0.25) is 0 Å². The van der Waals surface area contributed by atoms with E-state index in [0.717, 1.165) is 0 Å². The van der Waals surface area contributed by atoms with Crippen molar-refractivity contribution in [1.82, 2.24) is 0 Å². The first-order chi connectivity index (χ1) is 5.10. The van der Waals surface area contributed by atoms with Crippen LogP contribution >= 0.6 is 0 Å². The van der Waals surface area contributed by atoms with E-state index in [1.54, 1.807) is 0 Å². The fourth-order valence-electron chi connectivity index (χ4n) is 0.186. The van der Waals surface area contributed by atoms with Gasteiger partial charge in [-0.15, -0.1) is 0 Å². The molecular formula is CH6Na4O9S2. The van der Waals surface area contributed by atoms with E-state index in [9.17, 15) is 21.6 Å². The van der Waals surface area contributed by atoms with Gasteiger partial charge in [-0.2, -0.15) is 16.8 Å². The summed E-state index contributed by atoms with van der Waals surface area (Å²) < 4.78 is 60.1. The van der Waals surface area contributed by atoms with Crippen LogP contribution in [-0.4, -0.2) is 32.1 Å². The second-order valence-electron chi connectivity index (χ2n) is 1.27. The maximum Gasteiger partial charge on any atom is 1.00 e. The molecule has 0 atom stereocenters. The van der Waals surface area contributed by atoms with Crippen LogP contribution in [0.15, 0.2) is 0 Å². The summed E-state index contributed by atoms with van der Waals surface area (Å²) in [6, 6.07) is 0. The Bertz CT molecular complexity index is 347. The van der Waals surface area contributed by atoms with Crippen molar-refractivity contribution >= 4 is 27.0 Å². The van der Waals surface area contributed by atoms with Gasteiger partial charge in [0.05, 0.1) is 0 Å². The zero-order valence-corrected chi connectivity index (χ0v) is 18.7. The minimum atomic E-state index is -5.15. The zero-order chi connectivity index (χ0) is 9.99. The Kier molecular flexibility index (Phi) is 25.7. The third-order valence-corrected chi connectivity index (χ3v) is 1.04. The number of hydrogen-bond acceptors (Lipinski definition) is 7. The predicted octanol–water partition coefficient (Wildman–Crippen LogP) is -12.8. The number of rotatable bonds is 2. The van der Waals surface area contributed by atoms with E-state index in [1.165, 1.54) is 0 Å². The van der Waals surface area contributed by atoms with Crippen LogP contribution in [0.5, 0.6) is 0 Å². The van der Waals surface area contributed by atoms with Gasteiger partial charge < -0.3 is 5.71 Å². The predicted molar refractivity (Wildman–Crippen MR) is 35.1 cm³/mol. The van der Waals surface area contributed by atoms with Crippen LogP contribution in [-0.2, 0) is 29.2 Å². The molecule has 0 bridgehead atoms. The van der Waals surface area contributed by atoms with Gasteiger partial charge in [0.2, 0.25) is 0 Å². The van der Waals surface area contributed by atoms with E-state index >= 15 is 0 Å². The van der Waals surface area contributed by atoms with Crippen molar-refractivity contribution in [3.05, 3.63) is 0 Å². The molecule has 9 nitrogen and oxygen atoms in total. The molecule has 0 aliphatic carbocycles. The summed E-state index contributed by atoms with van der Waals surface area (Å²) in [6.45, 7) is 0. The second-order valence-corrected chi connectivity index (χ2v) is 3.32. The molecule has 2 N–H and O–H groups in total. The van der Waals surface area contributed by atoms with Crippen LogP contribution in [0.25, 0.3) is 0 Å². The van der Waals surface area contributed by atoms with Gasteiger partial charge in [-0.25, -0.2) is 4.79 Å². The van der Waals surface area contributed by atoms with E-state index in [0.29, 0.717) is 0 Å². The molecule has 0 unspecified atom stereocenters. The van der Waals surface area contributed by atoms with Crippen molar-refractivity contribution < 1.29 is 163 Å². The van der Waals surface area contributed by atoms with E-state index in [4.69, 9.17) is 9.11 Å². The van der Waals surface area contributed by atoms with Gasteiger partial charge in [0.1, 0.15) is 0 Å². The smallest absolute Gasteiger partial charge is 1.00 e. The topological polar surface area (TPSA) is 144 Å². The molecule has 0 spiro atoms. The van der Waals surface area contributed by atoms with E-state index < -0.39 is 27.0 Å². The molecule has 0 fully saturated rings. The third kappa shape index (κ3) is 25.8. The zero-order valence-electron chi connectivity index (χ0n) is 13.1. The Morgan fingerprint density at radius 3 is 1.12 bits per heavy atom. The molecule has 0 saturated heterocycles. The molecular weight excluding hydrogens is 312 g/mol. The molecule has 0 aromatic carbocycles. The molecule has 15 heteroatoms. The summed E-state index contributed by atoms with van der Waals surface area (Å²) in [7, 11) is -10.3. The molecule has 0 aromatic heterocycles.